The first-order valence-corrected chi connectivity index (χ1v) is 16.5. The second-order valence-electron chi connectivity index (χ2n) is 11.6. The van der Waals surface area contributed by atoms with E-state index in [0.717, 1.165) is 58.0 Å². The van der Waals surface area contributed by atoms with Gasteiger partial charge in [0.2, 0.25) is 0 Å². The predicted molar refractivity (Wildman–Crippen MR) is 139 cm³/mol. The van der Waals surface area contributed by atoms with Crippen LogP contribution in [0.1, 0.15) is 91.9 Å². The molecule has 0 aromatic heterocycles. The maximum atomic E-state index is 12.0. The largest absolute Gasteiger partial charge is 0.469 e. The minimum atomic E-state index is -1.33. The lowest BCUT2D eigenvalue weighted by Crippen LogP contribution is -2.47. The Labute approximate surface area is 214 Å². The molecule has 7 nitrogen and oxygen atoms in total. The van der Waals surface area contributed by atoms with Gasteiger partial charge in [0.15, 0.2) is 15.3 Å². The molecule has 1 saturated heterocycles. The molecule has 1 heterocycles. The summed E-state index contributed by atoms with van der Waals surface area (Å²) in [6.07, 6.45) is 8.66. The highest BCUT2D eigenvalue weighted by Crippen LogP contribution is 2.47. The van der Waals surface area contributed by atoms with Gasteiger partial charge in [-0.05, 0) is 50.6 Å². The highest BCUT2D eigenvalue weighted by atomic mass is 28.3. The van der Waals surface area contributed by atoms with Gasteiger partial charge in [-0.15, -0.1) is 0 Å². The van der Waals surface area contributed by atoms with Gasteiger partial charge in [-0.3, -0.25) is 9.59 Å². The van der Waals surface area contributed by atoms with E-state index < -0.39 is 9.04 Å². The van der Waals surface area contributed by atoms with E-state index in [1.165, 1.54) is 14.0 Å². The summed E-state index contributed by atoms with van der Waals surface area (Å²) >= 11 is 0. The van der Waals surface area contributed by atoms with Crippen molar-refractivity contribution in [2.45, 2.75) is 130 Å². The number of hydrogen-bond donors (Lipinski definition) is 0. The van der Waals surface area contributed by atoms with E-state index in [2.05, 4.69) is 33.9 Å². The molecule has 1 aliphatic heterocycles. The van der Waals surface area contributed by atoms with Gasteiger partial charge in [-0.25, -0.2) is 0 Å². The Morgan fingerprint density at radius 3 is 2.34 bits per heavy atom. The van der Waals surface area contributed by atoms with Gasteiger partial charge >= 0.3 is 11.9 Å². The second kappa shape index (κ2) is 14.7. The Kier molecular flexibility index (Phi) is 12.7. The summed E-state index contributed by atoms with van der Waals surface area (Å²) in [6, 6.07) is 0. The van der Waals surface area contributed by atoms with Crippen molar-refractivity contribution in [2.75, 3.05) is 13.7 Å². The number of carbonyl (C=O) groups excluding carboxylic acids is 2. The summed E-state index contributed by atoms with van der Waals surface area (Å²) in [5.41, 5.74) is -0.0686. The van der Waals surface area contributed by atoms with E-state index in [9.17, 15) is 9.59 Å². The lowest BCUT2D eigenvalue weighted by atomic mass is 9.74. The van der Waals surface area contributed by atoms with Gasteiger partial charge in [-0.1, -0.05) is 40.0 Å². The first kappa shape index (κ1) is 30.3. The minimum Gasteiger partial charge on any atom is -0.469 e. The van der Waals surface area contributed by atoms with E-state index in [0.29, 0.717) is 12.8 Å². The Morgan fingerprint density at radius 2 is 1.77 bits per heavy atom. The molecule has 35 heavy (non-hydrogen) atoms. The molecule has 0 bridgehead atoms. The highest BCUT2D eigenvalue weighted by molar-refractivity contribution is 6.48. The molecule has 0 N–H and O–H groups in total. The van der Waals surface area contributed by atoms with Gasteiger partial charge in [-0.2, -0.15) is 0 Å². The number of hydrogen-bond acceptors (Lipinski definition) is 7. The molecule has 204 valence electrons. The van der Waals surface area contributed by atoms with Gasteiger partial charge < -0.3 is 23.4 Å². The van der Waals surface area contributed by atoms with Gasteiger partial charge in [0.1, 0.15) is 6.10 Å². The van der Waals surface area contributed by atoms with Crippen LogP contribution < -0.4 is 0 Å². The molecule has 6 atom stereocenters. The zero-order valence-electron chi connectivity index (χ0n) is 23.2. The summed E-state index contributed by atoms with van der Waals surface area (Å²) < 4.78 is 29.9. The monoisotopic (exact) mass is 514 g/mol. The molecule has 1 saturated carbocycles. The molecule has 8 heteroatoms. The van der Waals surface area contributed by atoms with Crippen molar-refractivity contribution in [3.63, 3.8) is 0 Å². The number of esters is 2. The van der Waals surface area contributed by atoms with E-state index in [4.69, 9.17) is 23.4 Å². The summed E-state index contributed by atoms with van der Waals surface area (Å²) in [7, 11) is 0.106. The van der Waals surface area contributed by atoms with Gasteiger partial charge in [0.05, 0.1) is 19.3 Å². The smallest absolute Gasteiger partial charge is 0.305 e. The van der Waals surface area contributed by atoms with Crippen LogP contribution in [0, 0.1) is 17.3 Å². The predicted octanol–water partition coefficient (Wildman–Crippen LogP) is 5.39. The molecule has 0 aromatic carbocycles. The topological polar surface area (TPSA) is 80.3 Å². The third-order valence-corrected chi connectivity index (χ3v) is 8.00. The maximum Gasteiger partial charge on any atom is 0.305 e. The molecule has 0 radical (unpaired) electrons. The normalized spacial score (nSPS) is 28.2. The Hall–Kier alpha value is -0.963. The molecule has 1 aliphatic carbocycles. The minimum absolute atomic E-state index is 0.0210. The molecule has 0 aromatic rings. The van der Waals surface area contributed by atoms with Gasteiger partial charge in [0.25, 0.3) is 0 Å². The first-order valence-electron chi connectivity index (χ1n) is 13.7. The van der Waals surface area contributed by atoms with Crippen LogP contribution in [0.25, 0.3) is 0 Å². The Bertz CT molecular complexity index is 642. The van der Waals surface area contributed by atoms with E-state index in [-0.39, 0.29) is 53.8 Å². The average Bonchev–Trinajstić information content (AvgIpc) is 3.09. The van der Waals surface area contributed by atoms with Crippen molar-refractivity contribution in [3.8, 4) is 0 Å². The lowest BCUT2D eigenvalue weighted by Gasteiger charge is -2.42. The summed E-state index contributed by atoms with van der Waals surface area (Å²) in [5, 5.41) is 0. The Balaban J connectivity index is 2.20. The molecule has 2 aliphatic rings. The first-order chi connectivity index (χ1) is 16.5. The number of rotatable bonds is 13. The molecular formula is C27H50O7Si. The number of ether oxygens (including phenoxy) is 4. The fraction of sp³-hybridized carbons (Fsp3) is 0.926. The van der Waals surface area contributed by atoms with Crippen LogP contribution in [0.15, 0.2) is 0 Å². The van der Waals surface area contributed by atoms with Crippen LogP contribution in [0.5, 0.6) is 0 Å². The van der Waals surface area contributed by atoms with Crippen molar-refractivity contribution < 1.29 is 33.0 Å². The van der Waals surface area contributed by atoms with Crippen LogP contribution in [0.4, 0.5) is 0 Å². The molecule has 0 amide bonds. The molecule has 2 fully saturated rings. The highest BCUT2D eigenvalue weighted by Gasteiger charge is 2.52. The Morgan fingerprint density at radius 1 is 1.06 bits per heavy atom. The van der Waals surface area contributed by atoms with Crippen LogP contribution in [-0.4, -0.2) is 59.3 Å². The summed E-state index contributed by atoms with van der Waals surface area (Å²) in [4.78, 5) is 23.4. The summed E-state index contributed by atoms with van der Waals surface area (Å²) in [6.45, 7) is 13.4. The van der Waals surface area contributed by atoms with Crippen LogP contribution in [0.2, 0.25) is 13.1 Å². The standard InChI is InChI=1S/C27H50O7Si/c1-19(28)32-21-18-22(33-24-16-12-13-17-31-24)25(26(27(2,3)4)34-35(6)7)20(21)14-10-8-9-11-15-23(29)30-5/h20-22,24-26,35H,8-18H2,1-7H3/t20-,21+,22+,24?,25-,26?/m0/s1. The number of methoxy groups -OCH3 is 1. The van der Waals surface area contributed by atoms with Gasteiger partial charge in [0, 0.05) is 38.2 Å². The third kappa shape index (κ3) is 10.1. The fourth-order valence-electron chi connectivity index (χ4n) is 5.66. The van der Waals surface area contributed by atoms with E-state index in [1.54, 1.807) is 0 Å². The lowest BCUT2D eigenvalue weighted by molar-refractivity contribution is -0.205. The fourth-order valence-corrected chi connectivity index (χ4v) is 6.84. The quantitative estimate of drug-likeness (QED) is 0.185. The SMILES string of the molecule is COC(=O)CCCCCC[C@@H]1[C@H](C(O[SiH](C)C)C(C)(C)C)[C@H](OC2CCCCO2)C[C@H]1OC(C)=O. The maximum absolute atomic E-state index is 12.0. The van der Waals surface area contributed by atoms with E-state index >= 15 is 0 Å². The zero-order chi connectivity index (χ0) is 26.0. The molecule has 2 unspecified atom stereocenters. The molecule has 2 rings (SSSR count). The molecule has 0 spiro atoms. The van der Waals surface area contributed by atoms with E-state index in [1.807, 2.05) is 0 Å². The van der Waals surface area contributed by atoms with Crippen LogP contribution in [0.3, 0.4) is 0 Å². The van der Waals surface area contributed by atoms with Crippen LogP contribution in [-0.2, 0) is 33.0 Å². The van der Waals surface area contributed by atoms with Crippen molar-refractivity contribution in [2.24, 2.45) is 17.3 Å². The van der Waals surface area contributed by atoms with Crippen molar-refractivity contribution in [1.29, 1.82) is 0 Å². The second-order valence-corrected chi connectivity index (χ2v) is 14.0. The summed E-state index contributed by atoms with van der Waals surface area (Å²) in [5.74, 6) is -0.0819. The zero-order valence-corrected chi connectivity index (χ0v) is 24.3. The van der Waals surface area contributed by atoms with Crippen molar-refractivity contribution in [1.82, 2.24) is 0 Å². The third-order valence-electron chi connectivity index (χ3n) is 7.17. The van der Waals surface area contributed by atoms with Crippen LogP contribution >= 0.6 is 0 Å². The van der Waals surface area contributed by atoms with Crippen molar-refractivity contribution >= 4 is 21.0 Å². The van der Waals surface area contributed by atoms with Crippen molar-refractivity contribution in [3.05, 3.63) is 0 Å². The molecular weight excluding hydrogens is 464 g/mol. The number of unbranched alkanes of at least 4 members (excludes halogenated alkanes) is 3. The number of carbonyl (C=O) groups is 2. The average molecular weight is 515 g/mol.